The van der Waals surface area contributed by atoms with Gasteiger partial charge in [-0.25, -0.2) is 4.39 Å². The van der Waals surface area contributed by atoms with Gasteiger partial charge in [0.05, 0.1) is 0 Å². The number of halogens is 2. The summed E-state index contributed by atoms with van der Waals surface area (Å²) < 4.78 is 12.9. The molecule has 120 valence electrons. The molecule has 2 nitrogen and oxygen atoms in total. The van der Waals surface area contributed by atoms with Crippen LogP contribution in [-0.4, -0.2) is 37.6 Å². The van der Waals surface area contributed by atoms with Crippen LogP contribution in [0, 0.1) is 11.7 Å². The summed E-state index contributed by atoms with van der Waals surface area (Å²) in [4.78, 5) is 2.55. The van der Waals surface area contributed by atoms with Crippen LogP contribution in [0.25, 0.3) is 0 Å². The van der Waals surface area contributed by atoms with Crippen LogP contribution in [0.4, 0.5) is 4.39 Å². The van der Waals surface area contributed by atoms with Gasteiger partial charge in [0.1, 0.15) is 5.82 Å². The van der Waals surface area contributed by atoms with Gasteiger partial charge in [-0.05, 0) is 68.6 Å². The number of hydrogen-bond acceptors (Lipinski definition) is 2. The van der Waals surface area contributed by atoms with Gasteiger partial charge in [-0.1, -0.05) is 26.0 Å². The van der Waals surface area contributed by atoms with Crippen molar-refractivity contribution in [3.8, 4) is 0 Å². The van der Waals surface area contributed by atoms with Crippen molar-refractivity contribution >= 4 is 12.4 Å². The van der Waals surface area contributed by atoms with E-state index in [0.717, 1.165) is 25.6 Å². The van der Waals surface area contributed by atoms with E-state index in [9.17, 15) is 4.39 Å². The Labute approximate surface area is 134 Å². The molecule has 1 unspecified atom stereocenters. The van der Waals surface area contributed by atoms with Gasteiger partial charge in [-0.2, -0.15) is 0 Å². The average molecular weight is 315 g/mol. The van der Waals surface area contributed by atoms with Gasteiger partial charge in [0.2, 0.25) is 0 Å². The maximum atomic E-state index is 12.9. The van der Waals surface area contributed by atoms with Crippen molar-refractivity contribution in [2.75, 3.05) is 32.7 Å². The SMILES string of the molecule is CCNCC1CCN(CC(C)c2ccc(F)cc2)CC1.Cl. The summed E-state index contributed by atoms with van der Waals surface area (Å²) >= 11 is 0. The number of benzene rings is 1. The zero-order valence-electron chi connectivity index (χ0n) is 13.1. The zero-order valence-corrected chi connectivity index (χ0v) is 14.0. The third kappa shape index (κ3) is 5.93. The first-order chi connectivity index (χ1) is 9.69. The van der Waals surface area contributed by atoms with Gasteiger partial charge in [-0.15, -0.1) is 12.4 Å². The van der Waals surface area contributed by atoms with Crippen molar-refractivity contribution in [3.63, 3.8) is 0 Å². The van der Waals surface area contributed by atoms with E-state index < -0.39 is 0 Å². The number of nitrogens with one attached hydrogen (secondary N) is 1. The fourth-order valence-electron chi connectivity index (χ4n) is 3.01. The molecule has 1 aliphatic rings. The molecule has 0 radical (unpaired) electrons. The van der Waals surface area contributed by atoms with Crippen LogP contribution in [0.3, 0.4) is 0 Å². The summed E-state index contributed by atoms with van der Waals surface area (Å²) in [6.07, 6.45) is 2.59. The second kappa shape index (κ2) is 9.39. The Morgan fingerprint density at radius 3 is 2.43 bits per heavy atom. The molecule has 0 amide bonds. The lowest BCUT2D eigenvalue weighted by Crippen LogP contribution is -2.38. The minimum absolute atomic E-state index is 0. The summed E-state index contributed by atoms with van der Waals surface area (Å²) in [5.74, 6) is 1.17. The van der Waals surface area contributed by atoms with Crippen LogP contribution >= 0.6 is 12.4 Å². The average Bonchev–Trinajstić information content (AvgIpc) is 2.47. The molecule has 0 aromatic heterocycles. The molecule has 1 aromatic rings. The Hall–Kier alpha value is -0.640. The first-order valence-corrected chi connectivity index (χ1v) is 7.87. The molecule has 1 heterocycles. The molecule has 0 aliphatic carbocycles. The van der Waals surface area contributed by atoms with Crippen LogP contribution in [0.5, 0.6) is 0 Å². The quantitative estimate of drug-likeness (QED) is 0.862. The molecule has 0 bridgehead atoms. The number of rotatable bonds is 6. The van der Waals surface area contributed by atoms with Crippen LogP contribution in [0.1, 0.15) is 38.2 Å². The van der Waals surface area contributed by atoms with Gasteiger partial charge in [0.15, 0.2) is 0 Å². The lowest BCUT2D eigenvalue weighted by molar-refractivity contribution is 0.176. The van der Waals surface area contributed by atoms with E-state index in [2.05, 4.69) is 24.1 Å². The van der Waals surface area contributed by atoms with E-state index in [1.54, 1.807) is 12.1 Å². The Kier molecular flexibility index (Phi) is 8.23. The molecule has 1 N–H and O–H groups in total. The van der Waals surface area contributed by atoms with Gasteiger partial charge in [-0.3, -0.25) is 0 Å². The van der Waals surface area contributed by atoms with Crippen LogP contribution in [0.2, 0.25) is 0 Å². The van der Waals surface area contributed by atoms with Crippen LogP contribution in [0.15, 0.2) is 24.3 Å². The van der Waals surface area contributed by atoms with Gasteiger partial charge in [0, 0.05) is 6.54 Å². The van der Waals surface area contributed by atoms with Crippen LogP contribution in [-0.2, 0) is 0 Å². The highest BCUT2D eigenvalue weighted by molar-refractivity contribution is 5.85. The summed E-state index contributed by atoms with van der Waals surface area (Å²) in [6, 6.07) is 6.96. The molecule has 1 atom stereocenters. The molecule has 1 saturated heterocycles. The Bertz CT molecular complexity index is 388. The number of hydrogen-bond donors (Lipinski definition) is 1. The summed E-state index contributed by atoms with van der Waals surface area (Å²) in [5.41, 5.74) is 1.24. The molecule has 1 aliphatic heterocycles. The predicted octanol–water partition coefficient (Wildman–Crippen LogP) is 3.67. The van der Waals surface area contributed by atoms with E-state index in [4.69, 9.17) is 0 Å². The summed E-state index contributed by atoms with van der Waals surface area (Å²) in [6.45, 7) is 10.1. The predicted molar refractivity (Wildman–Crippen MR) is 89.8 cm³/mol. The standard InChI is InChI=1S/C17H27FN2.ClH/c1-3-19-12-15-8-10-20(11-9-15)13-14(2)16-4-6-17(18)7-5-16;/h4-7,14-15,19H,3,8-13H2,1-2H3;1H. The second-order valence-electron chi connectivity index (χ2n) is 6.00. The highest BCUT2D eigenvalue weighted by atomic mass is 35.5. The number of nitrogens with zero attached hydrogens (tertiary/aromatic N) is 1. The first-order valence-electron chi connectivity index (χ1n) is 7.87. The lowest BCUT2D eigenvalue weighted by Gasteiger charge is -2.33. The summed E-state index contributed by atoms with van der Waals surface area (Å²) in [7, 11) is 0. The third-order valence-corrected chi connectivity index (χ3v) is 4.36. The lowest BCUT2D eigenvalue weighted by atomic mass is 9.94. The molecule has 21 heavy (non-hydrogen) atoms. The molecule has 1 fully saturated rings. The van der Waals surface area contributed by atoms with Crippen molar-refractivity contribution in [1.82, 2.24) is 10.2 Å². The monoisotopic (exact) mass is 314 g/mol. The Morgan fingerprint density at radius 2 is 1.86 bits per heavy atom. The van der Waals surface area contributed by atoms with Crippen molar-refractivity contribution < 1.29 is 4.39 Å². The van der Waals surface area contributed by atoms with E-state index in [1.807, 2.05) is 12.1 Å². The molecule has 0 spiro atoms. The van der Waals surface area contributed by atoms with E-state index in [-0.39, 0.29) is 18.2 Å². The normalized spacial score (nSPS) is 18.2. The van der Waals surface area contributed by atoms with E-state index in [1.165, 1.54) is 31.5 Å². The van der Waals surface area contributed by atoms with Gasteiger partial charge >= 0.3 is 0 Å². The van der Waals surface area contributed by atoms with Crippen molar-refractivity contribution in [1.29, 1.82) is 0 Å². The topological polar surface area (TPSA) is 15.3 Å². The second-order valence-corrected chi connectivity index (χ2v) is 6.00. The van der Waals surface area contributed by atoms with Gasteiger partial charge < -0.3 is 10.2 Å². The molecular weight excluding hydrogens is 287 g/mol. The first kappa shape index (κ1) is 18.4. The zero-order chi connectivity index (χ0) is 14.4. The number of likely N-dealkylation sites (tertiary alicyclic amines) is 1. The minimum Gasteiger partial charge on any atom is -0.317 e. The molecule has 4 heteroatoms. The Morgan fingerprint density at radius 1 is 1.24 bits per heavy atom. The smallest absolute Gasteiger partial charge is 0.123 e. The van der Waals surface area contributed by atoms with Crippen molar-refractivity contribution in [2.45, 2.75) is 32.6 Å². The largest absolute Gasteiger partial charge is 0.317 e. The fourth-order valence-corrected chi connectivity index (χ4v) is 3.01. The molecule has 2 rings (SSSR count). The van der Waals surface area contributed by atoms with Gasteiger partial charge in [0.25, 0.3) is 0 Å². The third-order valence-electron chi connectivity index (χ3n) is 4.36. The number of piperidine rings is 1. The van der Waals surface area contributed by atoms with E-state index >= 15 is 0 Å². The van der Waals surface area contributed by atoms with E-state index in [0.29, 0.717) is 5.92 Å². The van der Waals surface area contributed by atoms with Crippen molar-refractivity contribution in [3.05, 3.63) is 35.6 Å². The maximum absolute atomic E-state index is 12.9. The maximum Gasteiger partial charge on any atom is 0.123 e. The van der Waals surface area contributed by atoms with Crippen LogP contribution < -0.4 is 5.32 Å². The summed E-state index contributed by atoms with van der Waals surface area (Å²) in [5, 5.41) is 3.45. The minimum atomic E-state index is -0.148. The Balaban J connectivity index is 0.00000220. The molecular formula is C17H28ClFN2. The highest BCUT2D eigenvalue weighted by Gasteiger charge is 2.20. The molecule has 1 aromatic carbocycles. The van der Waals surface area contributed by atoms with Crippen molar-refractivity contribution in [2.24, 2.45) is 5.92 Å². The highest BCUT2D eigenvalue weighted by Crippen LogP contribution is 2.21. The molecule has 0 saturated carbocycles. The fraction of sp³-hybridized carbons (Fsp3) is 0.647.